The highest BCUT2D eigenvalue weighted by Gasteiger charge is 1.99. The zero-order chi connectivity index (χ0) is 14.2. The molecule has 0 spiro atoms. The molecule has 21 heavy (non-hydrogen) atoms. The number of aryl methyl sites for hydroxylation is 1. The van der Waals surface area contributed by atoms with Crippen molar-refractivity contribution < 1.29 is 4.74 Å². The molecular formula is C16H24ClN3O. The molecule has 0 aliphatic carbocycles. The maximum absolute atomic E-state index is 5.22. The lowest BCUT2D eigenvalue weighted by atomic mass is 10.1. The number of aromatic nitrogens is 2. The van der Waals surface area contributed by atoms with Gasteiger partial charge in [0.05, 0.1) is 13.3 Å². The molecular weight excluding hydrogens is 286 g/mol. The van der Waals surface area contributed by atoms with Crippen molar-refractivity contribution in [2.45, 2.75) is 32.9 Å². The van der Waals surface area contributed by atoms with Crippen molar-refractivity contribution in [2.75, 3.05) is 13.7 Å². The van der Waals surface area contributed by atoms with E-state index in [1.807, 2.05) is 23.0 Å². The van der Waals surface area contributed by atoms with E-state index in [-0.39, 0.29) is 12.4 Å². The first kappa shape index (κ1) is 17.5. The molecule has 0 aliphatic rings. The van der Waals surface area contributed by atoms with Gasteiger partial charge in [0.15, 0.2) is 0 Å². The van der Waals surface area contributed by atoms with Crippen LogP contribution in [0.5, 0.6) is 5.75 Å². The summed E-state index contributed by atoms with van der Waals surface area (Å²) in [6.07, 6.45) is 6.17. The lowest BCUT2D eigenvalue weighted by Gasteiger charge is -2.05. The van der Waals surface area contributed by atoms with Gasteiger partial charge in [-0.2, -0.15) is 5.10 Å². The quantitative estimate of drug-likeness (QED) is 0.762. The lowest BCUT2D eigenvalue weighted by molar-refractivity contribution is 0.414. The van der Waals surface area contributed by atoms with Gasteiger partial charge in [0.1, 0.15) is 5.75 Å². The molecule has 5 heteroatoms. The molecule has 1 N–H and O–H groups in total. The monoisotopic (exact) mass is 309 g/mol. The van der Waals surface area contributed by atoms with Gasteiger partial charge in [0.2, 0.25) is 0 Å². The average molecular weight is 310 g/mol. The Balaban J connectivity index is 0.00000220. The van der Waals surface area contributed by atoms with Gasteiger partial charge < -0.3 is 10.1 Å². The molecule has 0 amide bonds. The summed E-state index contributed by atoms with van der Waals surface area (Å²) in [5.74, 6) is 0.920. The van der Waals surface area contributed by atoms with Crippen LogP contribution in [0.25, 0.3) is 0 Å². The summed E-state index contributed by atoms with van der Waals surface area (Å²) in [6, 6.07) is 8.21. The highest BCUT2D eigenvalue weighted by atomic mass is 35.5. The summed E-state index contributed by atoms with van der Waals surface area (Å²) < 4.78 is 7.22. The van der Waals surface area contributed by atoms with E-state index in [0.29, 0.717) is 0 Å². The number of hydrogen-bond donors (Lipinski definition) is 1. The molecule has 0 unspecified atom stereocenters. The number of nitrogens with one attached hydrogen (secondary N) is 1. The Morgan fingerprint density at radius 1 is 1.29 bits per heavy atom. The number of ether oxygens (including phenoxy) is 1. The standard InChI is InChI=1S/C16H23N3O.ClH/c1-3-9-19-13-15(12-18-19)11-17-8-7-14-5-4-6-16(10-14)20-2;/h4-6,10,12-13,17H,3,7-9,11H2,1-2H3;1H. The van der Waals surface area contributed by atoms with Gasteiger partial charge in [0.25, 0.3) is 0 Å². The zero-order valence-electron chi connectivity index (χ0n) is 12.7. The normalized spacial score (nSPS) is 10.2. The molecule has 0 saturated carbocycles. The van der Waals surface area contributed by atoms with E-state index in [0.717, 1.165) is 38.2 Å². The third kappa shape index (κ3) is 5.78. The highest BCUT2D eigenvalue weighted by Crippen LogP contribution is 2.12. The molecule has 0 bridgehead atoms. The molecule has 116 valence electrons. The van der Waals surface area contributed by atoms with Crippen molar-refractivity contribution in [3.05, 3.63) is 47.8 Å². The molecule has 0 fully saturated rings. The Kier molecular flexibility index (Phi) is 7.87. The SMILES string of the molecule is CCCn1cc(CNCCc2cccc(OC)c2)cn1.Cl. The summed E-state index contributed by atoms with van der Waals surface area (Å²) in [6.45, 7) is 4.97. The molecule has 1 aromatic carbocycles. The van der Waals surface area contributed by atoms with Crippen molar-refractivity contribution in [3.8, 4) is 5.75 Å². The first-order chi connectivity index (χ1) is 9.81. The van der Waals surface area contributed by atoms with E-state index in [9.17, 15) is 0 Å². The van der Waals surface area contributed by atoms with Crippen LogP contribution in [0, 0.1) is 0 Å². The first-order valence-electron chi connectivity index (χ1n) is 7.17. The smallest absolute Gasteiger partial charge is 0.119 e. The number of halogens is 1. The van der Waals surface area contributed by atoms with Crippen LogP contribution in [-0.2, 0) is 19.5 Å². The van der Waals surface area contributed by atoms with Crippen LogP contribution >= 0.6 is 12.4 Å². The van der Waals surface area contributed by atoms with Crippen LogP contribution in [0.4, 0.5) is 0 Å². The van der Waals surface area contributed by atoms with Gasteiger partial charge in [-0.05, 0) is 37.1 Å². The molecule has 0 aliphatic heterocycles. The fourth-order valence-corrected chi connectivity index (χ4v) is 2.14. The summed E-state index contributed by atoms with van der Waals surface area (Å²) in [5, 5.41) is 7.77. The van der Waals surface area contributed by atoms with E-state index in [1.54, 1.807) is 7.11 Å². The minimum absolute atomic E-state index is 0. The van der Waals surface area contributed by atoms with Gasteiger partial charge >= 0.3 is 0 Å². The Morgan fingerprint density at radius 2 is 2.14 bits per heavy atom. The molecule has 1 aromatic heterocycles. The molecule has 2 aromatic rings. The second-order valence-electron chi connectivity index (χ2n) is 4.89. The highest BCUT2D eigenvalue weighted by molar-refractivity contribution is 5.85. The maximum atomic E-state index is 5.22. The third-order valence-electron chi connectivity index (χ3n) is 3.19. The number of benzene rings is 1. The van der Waals surface area contributed by atoms with Crippen LogP contribution in [0.15, 0.2) is 36.7 Å². The molecule has 0 atom stereocenters. The summed E-state index contributed by atoms with van der Waals surface area (Å²) in [5.41, 5.74) is 2.53. The van der Waals surface area contributed by atoms with Gasteiger partial charge in [0, 0.05) is 24.8 Å². The van der Waals surface area contributed by atoms with Gasteiger partial charge in [-0.3, -0.25) is 4.68 Å². The van der Waals surface area contributed by atoms with Crippen LogP contribution < -0.4 is 10.1 Å². The fourth-order valence-electron chi connectivity index (χ4n) is 2.14. The number of rotatable bonds is 8. The Morgan fingerprint density at radius 3 is 2.90 bits per heavy atom. The van der Waals surface area contributed by atoms with Crippen LogP contribution in [-0.4, -0.2) is 23.4 Å². The third-order valence-corrected chi connectivity index (χ3v) is 3.19. The molecule has 2 rings (SSSR count). The summed E-state index contributed by atoms with van der Waals surface area (Å²) >= 11 is 0. The van der Waals surface area contributed by atoms with Crippen LogP contribution in [0.3, 0.4) is 0 Å². The van der Waals surface area contributed by atoms with E-state index >= 15 is 0 Å². The van der Waals surface area contributed by atoms with Crippen molar-refractivity contribution in [1.29, 1.82) is 0 Å². The number of nitrogens with zero attached hydrogens (tertiary/aromatic N) is 2. The van der Waals surface area contributed by atoms with Crippen molar-refractivity contribution in [2.24, 2.45) is 0 Å². The Labute approximate surface area is 132 Å². The first-order valence-corrected chi connectivity index (χ1v) is 7.17. The van der Waals surface area contributed by atoms with Crippen molar-refractivity contribution in [1.82, 2.24) is 15.1 Å². The fraction of sp³-hybridized carbons (Fsp3) is 0.438. The largest absolute Gasteiger partial charge is 0.497 e. The number of hydrogen-bond acceptors (Lipinski definition) is 3. The zero-order valence-corrected chi connectivity index (χ0v) is 13.5. The second-order valence-corrected chi connectivity index (χ2v) is 4.89. The average Bonchev–Trinajstić information content (AvgIpc) is 2.92. The molecule has 0 saturated heterocycles. The van der Waals surface area contributed by atoms with Crippen molar-refractivity contribution >= 4 is 12.4 Å². The Bertz CT molecular complexity index is 528. The minimum Gasteiger partial charge on any atom is -0.497 e. The predicted molar refractivity (Wildman–Crippen MR) is 88.2 cm³/mol. The topological polar surface area (TPSA) is 39.1 Å². The number of methoxy groups -OCH3 is 1. The van der Waals surface area contributed by atoms with E-state index < -0.39 is 0 Å². The molecule has 0 radical (unpaired) electrons. The predicted octanol–water partition coefficient (Wildman–Crippen LogP) is 3.06. The minimum atomic E-state index is 0. The van der Waals surface area contributed by atoms with Crippen LogP contribution in [0.2, 0.25) is 0 Å². The van der Waals surface area contributed by atoms with E-state index in [4.69, 9.17) is 4.74 Å². The summed E-state index contributed by atoms with van der Waals surface area (Å²) in [4.78, 5) is 0. The summed E-state index contributed by atoms with van der Waals surface area (Å²) in [7, 11) is 1.70. The van der Waals surface area contributed by atoms with Crippen molar-refractivity contribution in [3.63, 3.8) is 0 Å². The maximum Gasteiger partial charge on any atom is 0.119 e. The Hall–Kier alpha value is -1.52. The van der Waals surface area contributed by atoms with Gasteiger partial charge in [-0.1, -0.05) is 19.1 Å². The lowest BCUT2D eigenvalue weighted by Crippen LogP contribution is -2.16. The second kappa shape index (κ2) is 9.42. The molecule has 4 nitrogen and oxygen atoms in total. The molecule has 1 heterocycles. The van der Waals surface area contributed by atoms with Gasteiger partial charge in [-0.25, -0.2) is 0 Å². The van der Waals surface area contributed by atoms with Crippen LogP contribution in [0.1, 0.15) is 24.5 Å². The van der Waals surface area contributed by atoms with Gasteiger partial charge in [-0.15, -0.1) is 12.4 Å². The van der Waals surface area contributed by atoms with E-state index in [2.05, 4.69) is 35.7 Å². The van der Waals surface area contributed by atoms with E-state index in [1.165, 1.54) is 11.1 Å².